The lowest BCUT2D eigenvalue weighted by atomic mass is 10.2. The summed E-state index contributed by atoms with van der Waals surface area (Å²) in [6, 6.07) is 17.0. The molecule has 0 bridgehead atoms. The molecule has 8 heteroatoms. The summed E-state index contributed by atoms with van der Waals surface area (Å²) in [5, 5.41) is 8.01. The van der Waals surface area contributed by atoms with Crippen LogP contribution in [0.3, 0.4) is 0 Å². The Hall–Kier alpha value is -4.07. The lowest BCUT2D eigenvalue weighted by Gasteiger charge is -2.14. The van der Waals surface area contributed by atoms with E-state index in [1.54, 1.807) is 43.3 Å². The number of aromatic nitrogens is 1. The summed E-state index contributed by atoms with van der Waals surface area (Å²) < 4.78 is 6.82. The first-order chi connectivity index (χ1) is 15.4. The highest BCUT2D eigenvalue weighted by atomic mass is 16.5. The number of ether oxygens (including phenoxy) is 1. The van der Waals surface area contributed by atoms with Crippen LogP contribution in [0.5, 0.6) is 5.75 Å². The predicted octanol–water partition coefficient (Wildman–Crippen LogP) is 4.15. The minimum Gasteiger partial charge on any atom is -0.492 e. The van der Waals surface area contributed by atoms with Crippen molar-refractivity contribution in [3.63, 3.8) is 0 Å². The molecule has 0 unspecified atom stereocenters. The van der Waals surface area contributed by atoms with Crippen LogP contribution in [0.15, 0.2) is 65.5 Å². The van der Waals surface area contributed by atoms with Crippen molar-refractivity contribution < 1.29 is 14.3 Å². The number of para-hydroxylation sites is 2. The van der Waals surface area contributed by atoms with Gasteiger partial charge in [0.05, 0.1) is 12.3 Å². The summed E-state index contributed by atoms with van der Waals surface area (Å²) >= 11 is 0. The van der Waals surface area contributed by atoms with E-state index in [9.17, 15) is 14.4 Å². The second kappa shape index (κ2) is 10.3. The van der Waals surface area contributed by atoms with Crippen LogP contribution in [-0.2, 0) is 11.3 Å². The van der Waals surface area contributed by atoms with Crippen molar-refractivity contribution in [3.8, 4) is 5.75 Å². The number of urea groups is 1. The van der Waals surface area contributed by atoms with Gasteiger partial charge in [-0.25, -0.2) is 4.79 Å². The van der Waals surface area contributed by atoms with Gasteiger partial charge in [-0.15, -0.1) is 0 Å². The van der Waals surface area contributed by atoms with Gasteiger partial charge in [0.15, 0.2) is 0 Å². The average molecular weight is 434 g/mol. The van der Waals surface area contributed by atoms with Crippen LogP contribution in [0.2, 0.25) is 0 Å². The first-order valence-electron chi connectivity index (χ1n) is 10.2. The Morgan fingerprint density at radius 3 is 2.31 bits per heavy atom. The van der Waals surface area contributed by atoms with Gasteiger partial charge in [0.1, 0.15) is 18.0 Å². The third kappa shape index (κ3) is 5.75. The Balaban J connectivity index is 1.72. The molecule has 1 aromatic heterocycles. The zero-order chi connectivity index (χ0) is 23.1. The number of rotatable bonds is 7. The summed E-state index contributed by atoms with van der Waals surface area (Å²) in [6.07, 6.45) is 0. The van der Waals surface area contributed by atoms with E-state index < -0.39 is 11.6 Å². The van der Waals surface area contributed by atoms with Crippen molar-refractivity contribution in [3.05, 3.63) is 82.3 Å². The van der Waals surface area contributed by atoms with Gasteiger partial charge in [0.2, 0.25) is 5.91 Å². The van der Waals surface area contributed by atoms with E-state index in [4.69, 9.17) is 4.74 Å². The standard InChI is InChI=1S/C24H26N4O4/c1-4-32-21-8-6-5-7-19(21)26-22(29)15-28-17(3)11-14-20(23(28)30)27-24(31)25-18-12-9-16(2)10-13-18/h5-14H,4,15H2,1-3H3,(H,26,29)(H2,25,27,31). The molecule has 3 amide bonds. The van der Waals surface area contributed by atoms with Crippen molar-refractivity contribution in [2.45, 2.75) is 27.3 Å². The molecule has 166 valence electrons. The van der Waals surface area contributed by atoms with Crippen LogP contribution in [0, 0.1) is 13.8 Å². The van der Waals surface area contributed by atoms with E-state index in [0.717, 1.165) is 5.56 Å². The first-order valence-corrected chi connectivity index (χ1v) is 10.2. The maximum absolute atomic E-state index is 12.9. The molecule has 0 aliphatic carbocycles. The fourth-order valence-electron chi connectivity index (χ4n) is 3.07. The Labute approximate surface area is 186 Å². The van der Waals surface area contributed by atoms with Gasteiger partial charge in [-0.1, -0.05) is 29.8 Å². The molecule has 32 heavy (non-hydrogen) atoms. The van der Waals surface area contributed by atoms with E-state index in [1.807, 2.05) is 32.0 Å². The number of hydrogen-bond donors (Lipinski definition) is 3. The number of pyridine rings is 1. The molecule has 3 aromatic rings. The molecule has 2 aromatic carbocycles. The zero-order valence-corrected chi connectivity index (χ0v) is 18.3. The lowest BCUT2D eigenvalue weighted by molar-refractivity contribution is -0.116. The highest BCUT2D eigenvalue weighted by molar-refractivity contribution is 5.99. The number of carbonyl (C=O) groups excluding carboxylic acids is 2. The minimum absolute atomic E-state index is 0.0720. The van der Waals surface area contributed by atoms with Crippen molar-refractivity contribution in [2.75, 3.05) is 22.6 Å². The Kier molecular flexibility index (Phi) is 7.28. The van der Waals surface area contributed by atoms with Crippen molar-refractivity contribution in [1.82, 2.24) is 4.57 Å². The molecule has 8 nitrogen and oxygen atoms in total. The molecule has 0 aliphatic heterocycles. The molecule has 3 N–H and O–H groups in total. The number of aryl methyl sites for hydroxylation is 2. The number of nitrogens with one attached hydrogen (secondary N) is 3. The molecule has 0 radical (unpaired) electrons. The zero-order valence-electron chi connectivity index (χ0n) is 18.3. The summed E-state index contributed by atoms with van der Waals surface area (Å²) in [7, 11) is 0. The fraction of sp³-hybridized carbons (Fsp3) is 0.208. The second-order valence-electron chi connectivity index (χ2n) is 7.20. The number of nitrogens with zero attached hydrogens (tertiary/aromatic N) is 1. The molecule has 0 spiro atoms. The quantitative estimate of drug-likeness (QED) is 0.520. The molecular weight excluding hydrogens is 408 g/mol. The average Bonchev–Trinajstić information content (AvgIpc) is 2.76. The van der Waals surface area contributed by atoms with Crippen molar-refractivity contribution in [1.29, 1.82) is 0 Å². The molecule has 0 aliphatic rings. The number of carbonyl (C=O) groups is 2. The molecule has 1 heterocycles. The SMILES string of the molecule is CCOc1ccccc1NC(=O)Cn1c(C)ccc(NC(=O)Nc2ccc(C)cc2)c1=O. The number of benzene rings is 2. The molecule has 0 saturated heterocycles. The Morgan fingerprint density at radius 2 is 1.59 bits per heavy atom. The monoisotopic (exact) mass is 434 g/mol. The highest BCUT2D eigenvalue weighted by Crippen LogP contribution is 2.23. The normalized spacial score (nSPS) is 10.3. The summed E-state index contributed by atoms with van der Waals surface area (Å²) in [5.74, 6) is 0.166. The molecule has 3 rings (SSSR count). The van der Waals surface area contributed by atoms with Gasteiger partial charge in [-0.05, 0) is 57.2 Å². The predicted molar refractivity (Wildman–Crippen MR) is 126 cm³/mol. The van der Waals surface area contributed by atoms with Gasteiger partial charge >= 0.3 is 6.03 Å². The molecular formula is C24H26N4O4. The maximum atomic E-state index is 12.9. The summed E-state index contributed by atoms with van der Waals surface area (Å²) in [6.45, 7) is 5.78. The summed E-state index contributed by atoms with van der Waals surface area (Å²) in [4.78, 5) is 37.8. The molecule has 0 atom stereocenters. The van der Waals surface area contributed by atoms with Crippen LogP contribution >= 0.6 is 0 Å². The van der Waals surface area contributed by atoms with Crippen LogP contribution in [0.4, 0.5) is 21.9 Å². The van der Waals surface area contributed by atoms with E-state index in [0.29, 0.717) is 29.4 Å². The van der Waals surface area contributed by atoms with E-state index in [2.05, 4.69) is 16.0 Å². The maximum Gasteiger partial charge on any atom is 0.323 e. The largest absolute Gasteiger partial charge is 0.492 e. The van der Waals surface area contributed by atoms with E-state index in [1.165, 1.54) is 10.6 Å². The third-order valence-electron chi connectivity index (χ3n) is 4.71. The Morgan fingerprint density at radius 1 is 0.875 bits per heavy atom. The van der Waals surface area contributed by atoms with Crippen LogP contribution in [0.25, 0.3) is 0 Å². The van der Waals surface area contributed by atoms with Gasteiger partial charge in [-0.2, -0.15) is 0 Å². The second-order valence-corrected chi connectivity index (χ2v) is 7.20. The Bertz CT molecular complexity index is 1170. The van der Waals surface area contributed by atoms with Gasteiger partial charge in [-0.3, -0.25) is 9.59 Å². The van der Waals surface area contributed by atoms with Gasteiger partial charge in [0, 0.05) is 11.4 Å². The van der Waals surface area contributed by atoms with Gasteiger partial charge < -0.3 is 25.3 Å². The van der Waals surface area contributed by atoms with Crippen LogP contribution < -0.4 is 26.2 Å². The van der Waals surface area contributed by atoms with E-state index >= 15 is 0 Å². The minimum atomic E-state index is -0.545. The first kappa shape index (κ1) is 22.6. The highest BCUT2D eigenvalue weighted by Gasteiger charge is 2.14. The lowest BCUT2D eigenvalue weighted by Crippen LogP contribution is -2.32. The topological polar surface area (TPSA) is 101 Å². The van der Waals surface area contributed by atoms with Gasteiger partial charge in [0.25, 0.3) is 5.56 Å². The molecule has 0 saturated carbocycles. The number of hydrogen-bond acceptors (Lipinski definition) is 4. The van der Waals surface area contributed by atoms with Crippen LogP contribution in [-0.4, -0.2) is 23.1 Å². The summed E-state index contributed by atoms with van der Waals surface area (Å²) in [5.41, 5.74) is 2.39. The smallest absolute Gasteiger partial charge is 0.323 e. The van der Waals surface area contributed by atoms with Crippen molar-refractivity contribution >= 4 is 29.0 Å². The molecule has 0 fully saturated rings. The van der Waals surface area contributed by atoms with E-state index in [-0.39, 0.29) is 18.1 Å². The van der Waals surface area contributed by atoms with Crippen molar-refractivity contribution in [2.24, 2.45) is 0 Å². The third-order valence-corrected chi connectivity index (χ3v) is 4.71. The number of anilines is 3. The number of amides is 3. The van der Waals surface area contributed by atoms with Crippen LogP contribution in [0.1, 0.15) is 18.2 Å². The fourth-order valence-corrected chi connectivity index (χ4v) is 3.07.